The Labute approximate surface area is 200 Å². The number of carbonyl (C=O) groups is 3. The number of fused-ring (bicyclic) bond motifs is 3. The van der Waals surface area contributed by atoms with Crippen molar-refractivity contribution >= 4 is 18.0 Å². The summed E-state index contributed by atoms with van der Waals surface area (Å²) in [6, 6.07) is 15.5. The van der Waals surface area contributed by atoms with Crippen molar-refractivity contribution in [1.29, 1.82) is 0 Å². The third-order valence-electron chi connectivity index (χ3n) is 6.28. The maximum absolute atomic E-state index is 12.5. The summed E-state index contributed by atoms with van der Waals surface area (Å²) in [6.07, 6.45) is 2.34. The number of aliphatic carboxylic acids is 1. The molecule has 0 unspecified atom stereocenters. The molecule has 0 saturated carbocycles. The third-order valence-corrected chi connectivity index (χ3v) is 6.28. The van der Waals surface area contributed by atoms with Gasteiger partial charge in [0.25, 0.3) is 0 Å². The normalized spacial score (nSPS) is 13.9. The number of rotatable bonds is 12. The molecule has 2 aromatic carbocycles. The van der Waals surface area contributed by atoms with Gasteiger partial charge in [0.05, 0.1) is 6.42 Å². The molecule has 0 saturated heterocycles. The molecule has 2 atom stereocenters. The summed E-state index contributed by atoms with van der Waals surface area (Å²) < 4.78 is 5.58. The fourth-order valence-electron chi connectivity index (χ4n) is 4.50. The van der Waals surface area contributed by atoms with Crippen LogP contribution >= 0.6 is 0 Å². The first-order chi connectivity index (χ1) is 16.4. The molecule has 0 heterocycles. The van der Waals surface area contributed by atoms with E-state index in [0.29, 0.717) is 12.8 Å². The van der Waals surface area contributed by atoms with Gasteiger partial charge in [-0.15, -0.1) is 0 Å². The van der Waals surface area contributed by atoms with Gasteiger partial charge >= 0.3 is 12.1 Å². The van der Waals surface area contributed by atoms with Gasteiger partial charge in [-0.25, -0.2) is 4.79 Å². The molecule has 0 spiro atoms. The molecular weight excluding hydrogens is 432 g/mol. The molecule has 7 nitrogen and oxygen atoms in total. The van der Waals surface area contributed by atoms with Crippen LogP contribution in [-0.4, -0.2) is 41.8 Å². The van der Waals surface area contributed by atoms with Gasteiger partial charge in [0.2, 0.25) is 5.91 Å². The summed E-state index contributed by atoms with van der Waals surface area (Å²) in [5.74, 6) is -1.24. The lowest BCUT2D eigenvalue weighted by Crippen LogP contribution is -2.42. The molecular formula is C27H34N2O5. The van der Waals surface area contributed by atoms with Crippen LogP contribution in [0.3, 0.4) is 0 Å². The Hall–Kier alpha value is -3.35. The zero-order valence-corrected chi connectivity index (χ0v) is 19.9. The van der Waals surface area contributed by atoms with Crippen molar-refractivity contribution in [3.05, 3.63) is 59.7 Å². The number of ether oxygens (including phenoxy) is 1. The molecule has 7 heteroatoms. The SMILES string of the molecule is CCCC[C@@H](CC(=O)O)NC(=O)C[C@H](CC)NC(=O)OCC1c2ccccc2-c2ccccc21. The smallest absolute Gasteiger partial charge is 0.407 e. The molecule has 0 aromatic heterocycles. The Morgan fingerprint density at radius 3 is 2.09 bits per heavy atom. The van der Waals surface area contributed by atoms with E-state index in [-0.39, 0.29) is 31.3 Å². The van der Waals surface area contributed by atoms with Crippen molar-refractivity contribution in [2.75, 3.05) is 6.61 Å². The van der Waals surface area contributed by atoms with Gasteiger partial charge in [-0.3, -0.25) is 9.59 Å². The Bertz CT molecular complexity index is 961. The second-order valence-corrected chi connectivity index (χ2v) is 8.78. The number of benzene rings is 2. The number of carboxylic acids is 1. The number of amides is 2. The van der Waals surface area contributed by atoms with E-state index in [1.807, 2.05) is 38.1 Å². The average molecular weight is 467 g/mol. The first-order valence-corrected chi connectivity index (χ1v) is 12.1. The standard InChI is InChI=1S/C27H34N2O5/c1-3-5-10-19(16-26(31)32)28-25(30)15-18(4-2)29-27(33)34-17-24-22-13-8-6-11-20(22)21-12-7-9-14-23(21)24/h6-9,11-14,18-19,24H,3-5,10,15-17H2,1-2H3,(H,28,30)(H,29,33)(H,31,32)/t18-,19-/m0/s1. The highest BCUT2D eigenvalue weighted by molar-refractivity contribution is 5.80. The predicted molar refractivity (Wildman–Crippen MR) is 131 cm³/mol. The minimum atomic E-state index is -0.940. The first kappa shape index (κ1) is 25.3. The van der Waals surface area contributed by atoms with Gasteiger partial charge in [-0.2, -0.15) is 0 Å². The molecule has 0 aliphatic heterocycles. The predicted octanol–water partition coefficient (Wildman–Crippen LogP) is 4.84. The van der Waals surface area contributed by atoms with Crippen molar-refractivity contribution in [1.82, 2.24) is 10.6 Å². The van der Waals surface area contributed by atoms with Crippen LogP contribution in [0.4, 0.5) is 4.79 Å². The zero-order chi connectivity index (χ0) is 24.5. The summed E-state index contributed by atoms with van der Waals surface area (Å²) in [7, 11) is 0. The molecule has 2 aromatic rings. The topological polar surface area (TPSA) is 105 Å². The van der Waals surface area contributed by atoms with E-state index in [1.54, 1.807) is 0 Å². The van der Waals surface area contributed by atoms with Crippen LogP contribution in [0.2, 0.25) is 0 Å². The van der Waals surface area contributed by atoms with E-state index >= 15 is 0 Å². The molecule has 182 valence electrons. The lowest BCUT2D eigenvalue weighted by atomic mass is 9.98. The highest BCUT2D eigenvalue weighted by atomic mass is 16.5. The van der Waals surface area contributed by atoms with Crippen LogP contribution in [0.25, 0.3) is 11.1 Å². The lowest BCUT2D eigenvalue weighted by molar-refractivity contribution is -0.137. The fourth-order valence-corrected chi connectivity index (χ4v) is 4.50. The van der Waals surface area contributed by atoms with E-state index in [4.69, 9.17) is 9.84 Å². The zero-order valence-electron chi connectivity index (χ0n) is 19.9. The average Bonchev–Trinajstić information content (AvgIpc) is 3.14. The van der Waals surface area contributed by atoms with Gasteiger partial charge in [0.15, 0.2) is 0 Å². The van der Waals surface area contributed by atoms with Crippen LogP contribution in [-0.2, 0) is 14.3 Å². The molecule has 3 N–H and O–H groups in total. The van der Waals surface area contributed by atoms with E-state index in [9.17, 15) is 14.4 Å². The summed E-state index contributed by atoms with van der Waals surface area (Å²) in [5, 5.41) is 14.7. The molecule has 0 fully saturated rings. The van der Waals surface area contributed by atoms with Crippen LogP contribution in [0.1, 0.15) is 69.4 Å². The van der Waals surface area contributed by atoms with Crippen LogP contribution in [0, 0.1) is 0 Å². The molecule has 0 bridgehead atoms. The minimum absolute atomic E-state index is 0.0307. The molecule has 0 radical (unpaired) electrons. The number of alkyl carbamates (subject to hydrolysis) is 1. The second kappa shape index (κ2) is 12.2. The molecule has 34 heavy (non-hydrogen) atoms. The summed E-state index contributed by atoms with van der Waals surface area (Å²) in [4.78, 5) is 36.1. The lowest BCUT2D eigenvalue weighted by Gasteiger charge is -2.21. The maximum Gasteiger partial charge on any atom is 0.407 e. The minimum Gasteiger partial charge on any atom is -0.481 e. The highest BCUT2D eigenvalue weighted by Crippen LogP contribution is 2.44. The maximum atomic E-state index is 12.5. The number of nitrogens with one attached hydrogen (secondary N) is 2. The van der Waals surface area contributed by atoms with Crippen molar-refractivity contribution in [2.24, 2.45) is 0 Å². The fraction of sp³-hybridized carbons (Fsp3) is 0.444. The molecule has 3 rings (SSSR count). The number of unbranched alkanes of at least 4 members (excludes halogenated alkanes) is 1. The van der Waals surface area contributed by atoms with E-state index in [1.165, 1.54) is 0 Å². The monoisotopic (exact) mass is 466 g/mol. The highest BCUT2D eigenvalue weighted by Gasteiger charge is 2.29. The van der Waals surface area contributed by atoms with Crippen molar-refractivity contribution < 1.29 is 24.2 Å². The van der Waals surface area contributed by atoms with Gasteiger partial charge in [0.1, 0.15) is 6.61 Å². The van der Waals surface area contributed by atoms with E-state index in [0.717, 1.165) is 35.1 Å². The Kier molecular flexibility index (Phi) is 9.08. The van der Waals surface area contributed by atoms with Gasteiger partial charge in [-0.05, 0) is 35.1 Å². The summed E-state index contributed by atoms with van der Waals surface area (Å²) >= 11 is 0. The van der Waals surface area contributed by atoms with Crippen LogP contribution in [0.5, 0.6) is 0 Å². The Morgan fingerprint density at radius 1 is 0.912 bits per heavy atom. The van der Waals surface area contributed by atoms with Crippen LogP contribution < -0.4 is 10.6 Å². The van der Waals surface area contributed by atoms with E-state index < -0.39 is 24.1 Å². The first-order valence-electron chi connectivity index (χ1n) is 12.1. The number of hydrogen-bond donors (Lipinski definition) is 3. The quantitative estimate of drug-likeness (QED) is 0.415. The number of carbonyl (C=O) groups excluding carboxylic acids is 2. The largest absolute Gasteiger partial charge is 0.481 e. The van der Waals surface area contributed by atoms with Crippen molar-refractivity contribution in [2.45, 2.75) is 70.4 Å². The van der Waals surface area contributed by atoms with Crippen molar-refractivity contribution in [3.8, 4) is 11.1 Å². The number of hydrogen-bond acceptors (Lipinski definition) is 4. The molecule has 2 amide bonds. The third kappa shape index (κ3) is 6.59. The Morgan fingerprint density at radius 2 is 1.53 bits per heavy atom. The van der Waals surface area contributed by atoms with E-state index in [2.05, 4.69) is 34.9 Å². The summed E-state index contributed by atoms with van der Waals surface area (Å²) in [5.41, 5.74) is 4.60. The Balaban J connectivity index is 1.53. The molecule has 1 aliphatic rings. The van der Waals surface area contributed by atoms with Gasteiger partial charge in [0, 0.05) is 24.4 Å². The van der Waals surface area contributed by atoms with Gasteiger partial charge in [-0.1, -0.05) is 75.2 Å². The second-order valence-electron chi connectivity index (χ2n) is 8.78. The van der Waals surface area contributed by atoms with Crippen molar-refractivity contribution in [3.63, 3.8) is 0 Å². The van der Waals surface area contributed by atoms with Gasteiger partial charge < -0.3 is 20.5 Å². The van der Waals surface area contributed by atoms with Crippen LogP contribution in [0.15, 0.2) is 48.5 Å². The summed E-state index contributed by atoms with van der Waals surface area (Å²) in [6.45, 7) is 4.11. The molecule has 1 aliphatic carbocycles. The number of carboxylic acid groups (broad SMARTS) is 1.